The van der Waals surface area contributed by atoms with Gasteiger partial charge in [0.25, 0.3) is 5.69 Å². The lowest BCUT2D eigenvalue weighted by atomic mass is 10.0. The molecule has 1 unspecified atom stereocenters. The monoisotopic (exact) mass is 411 g/mol. The van der Waals surface area contributed by atoms with Crippen LogP contribution in [-0.4, -0.2) is 54.5 Å². The van der Waals surface area contributed by atoms with Crippen molar-refractivity contribution in [2.24, 2.45) is 0 Å². The van der Waals surface area contributed by atoms with Crippen LogP contribution in [0.25, 0.3) is 0 Å². The fraction of sp³-hybridized carbons (Fsp3) is 0.333. The van der Waals surface area contributed by atoms with Crippen molar-refractivity contribution in [3.63, 3.8) is 0 Å². The Labute approximate surface area is 174 Å². The van der Waals surface area contributed by atoms with Gasteiger partial charge in [0, 0.05) is 50.5 Å². The summed E-state index contributed by atoms with van der Waals surface area (Å²) in [6.45, 7) is 4.58. The predicted octanol–water partition coefficient (Wildman–Crippen LogP) is 2.30. The van der Waals surface area contributed by atoms with Gasteiger partial charge in [0.15, 0.2) is 0 Å². The molecule has 0 bridgehead atoms. The molecule has 3 rings (SSSR count). The number of hydrogen-bond donors (Lipinski definition) is 2. The average Bonchev–Trinajstić information content (AvgIpc) is 2.75. The minimum Gasteiger partial charge on any atom is -0.369 e. The molecule has 158 valence electrons. The number of rotatable bonds is 6. The van der Waals surface area contributed by atoms with Crippen molar-refractivity contribution in [3.8, 4) is 0 Å². The second kappa shape index (κ2) is 9.84. The summed E-state index contributed by atoms with van der Waals surface area (Å²) in [5.74, 6) is -0.379. The number of nitrogens with one attached hydrogen (secondary N) is 2. The molecule has 0 spiro atoms. The molecule has 30 heavy (non-hydrogen) atoms. The zero-order valence-electron chi connectivity index (χ0n) is 16.8. The maximum Gasteiger partial charge on any atom is 0.321 e. The van der Waals surface area contributed by atoms with Crippen LogP contribution in [0, 0.1) is 10.1 Å². The van der Waals surface area contributed by atoms with E-state index in [0.29, 0.717) is 32.7 Å². The molecule has 1 aliphatic rings. The number of nitro benzene ring substituents is 1. The van der Waals surface area contributed by atoms with Crippen LogP contribution in [0.4, 0.5) is 16.2 Å². The van der Waals surface area contributed by atoms with Crippen LogP contribution in [0.5, 0.6) is 0 Å². The van der Waals surface area contributed by atoms with Gasteiger partial charge in [0.1, 0.15) is 6.04 Å². The van der Waals surface area contributed by atoms with Gasteiger partial charge in [-0.25, -0.2) is 4.79 Å². The van der Waals surface area contributed by atoms with E-state index in [0.717, 1.165) is 11.3 Å². The van der Waals surface area contributed by atoms with E-state index in [4.69, 9.17) is 0 Å². The molecule has 1 saturated heterocycles. The largest absolute Gasteiger partial charge is 0.369 e. The number of urea groups is 1. The topological polar surface area (TPSA) is 108 Å². The van der Waals surface area contributed by atoms with Crippen molar-refractivity contribution in [2.45, 2.75) is 13.0 Å². The number of nitrogens with zero attached hydrogens (tertiary/aromatic N) is 3. The van der Waals surface area contributed by atoms with E-state index in [1.165, 1.54) is 6.07 Å². The van der Waals surface area contributed by atoms with Crippen LogP contribution in [0.1, 0.15) is 18.5 Å². The zero-order valence-corrected chi connectivity index (χ0v) is 16.8. The van der Waals surface area contributed by atoms with E-state index in [1.54, 1.807) is 19.1 Å². The molecule has 1 atom stereocenters. The molecule has 0 saturated carbocycles. The summed E-state index contributed by atoms with van der Waals surface area (Å²) in [5.41, 5.74) is 1.65. The maximum absolute atomic E-state index is 12.9. The quantitative estimate of drug-likeness (QED) is 0.558. The van der Waals surface area contributed by atoms with Gasteiger partial charge in [-0.1, -0.05) is 36.4 Å². The molecule has 0 radical (unpaired) electrons. The molecule has 1 heterocycles. The number of imide groups is 1. The summed E-state index contributed by atoms with van der Waals surface area (Å²) in [5, 5.41) is 16.0. The Kier molecular flexibility index (Phi) is 6.97. The summed E-state index contributed by atoms with van der Waals surface area (Å²) in [6, 6.07) is 14.8. The van der Waals surface area contributed by atoms with Crippen molar-refractivity contribution < 1.29 is 14.5 Å². The lowest BCUT2D eigenvalue weighted by Crippen LogP contribution is -2.52. The number of non-ortho nitro benzene ring substituents is 1. The van der Waals surface area contributed by atoms with Crippen LogP contribution in [-0.2, 0) is 4.79 Å². The van der Waals surface area contributed by atoms with Gasteiger partial charge in [0.2, 0.25) is 5.91 Å². The second-order valence-corrected chi connectivity index (χ2v) is 6.96. The number of hydrogen-bond acceptors (Lipinski definition) is 6. The number of benzene rings is 2. The summed E-state index contributed by atoms with van der Waals surface area (Å²) < 4.78 is 0. The molecule has 0 aliphatic carbocycles. The molecule has 9 nitrogen and oxygen atoms in total. The summed E-state index contributed by atoms with van der Waals surface area (Å²) in [7, 11) is 0. The normalized spacial score (nSPS) is 15.3. The van der Waals surface area contributed by atoms with Crippen LogP contribution in [0.15, 0.2) is 54.6 Å². The lowest BCUT2D eigenvalue weighted by Gasteiger charge is -2.39. The van der Waals surface area contributed by atoms with Gasteiger partial charge >= 0.3 is 6.03 Å². The molecule has 2 aromatic carbocycles. The van der Waals surface area contributed by atoms with Gasteiger partial charge in [-0.2, -0.15) is 0 Å². The van der Waals surface area contributed by atoms with Gasteiger partial charge in [-0.05, 0) is 18.6 Å². The van der Waals surface area contributed by atoms with Crippen LogP contribution in [0.3, 0.4) is 0 Å². The Hall–Kier alpha value is -3.46. The Morgan fingerprint density at radius 3 is 2.40 bits per heavy atom. The third kappa shape index (κ3) is 5.12. The van der Waals surface area contributed by atoms with Crippen molar-refractivity contribution >= 4 is 23.3 Å². The number of anilines is 1. The standard InChI is InChI=1S/C21H25N5O4/c1-2-22-21(28)23-20(27)19(16-7-4-3-5-8-16)25-13-11-24(12-14-25)17-9-6-10-18(15-17)26(29)30/h3-10,15,19H,2,11-14H2,1H3,(H2,22,23,27,28). The predicted molar refractivity (Wildman–Crippen MR) is 113 cm³/mol. The highest BCUT2D eigenvalue weighted by molar-refractivity contribution is 5.97. The van der Waals surface area contributed by atoms with Gasteiger partial charge in [-0.3, -0.25) is 25.1 Å². The van der Waals surface area contributed by atoms with Crippen LogP contribution >= 0.6 is 0 Å². The fourth-order valence-corrected chi connectivity index (χ4v) is 3.59. The Bertz CT molecular complexity index is 897. The average molecular weight is 411 g/mol. The smallest absolute Gasteiger partial charge is 0.321 e. The number of carbonyl (C=O) groups excluding carboxylic acids is 2. The van der Waals surface area contributed by atoms with E-state index >= 15 is 0 Å². The van der Waals surface area contributed by atoms with E-state index in [2.05, 4.69) is 15.5 Å². The molecule has 1 aliphatic heterocycles. The molecule has 3 amide bonds. The number of carbonyl (C=O) groups is 2. The lowest BCUT2D eigenvalue weighted by molar-refractivity contribution is -0.384. The third-order valence-electron chi connectivity index (χ3n) is 5.02. The van der Waals surface area contributed by atoms with E-state index in [9.17, 15) is 19.7 Å². The highest BCUT2D eigenvalue weighted by Crippen LogP contribution is 2.26. The second-order valence-electron chi connectivity index (χ2n) is 6.96. The van der Waals surface area contributed by atoms with Crippen molar-refractivity contribution in [1.29, 1.82) is 0 Å². The Morgan fingerprint density at radius 1 is 1.07 bits per heavy atom. The van der Waals surface area contributed by atoms with Crippen LogP contribution < -0.4 is 15.5 Å². The van der Waals surface area contributed by atoms with Gasteiger partial charge in [0.05, 0.1) is 4.92 Å². The number of amides is 3. The van der Waals surface area contributed by atoms with E-state index < -0.39 is 17.0 Å². The van der Waals surface area contributed by atoms with Crippen LogP contribution in [0.2, 0.25) is 0 Å². The van der Waals surface area contributed by atoms with Gasteiger partial charge in [-0.15, -0.1) is 0 Å². The highest BCUT2D eigenvalue weighted by atomic mass is 16.6. The van der Waals surface area contributed by atoms with E-state index in [1.807, 2.05) is 41.3 Å². The van der Waals surface area contributed by atoms with E-state index in [-0.39, 0.29) is 11.6 Å². The maximum atomic E-state index is 12.9. The summed E-state index contributed by atoms with van der Waals surface area (Å²) >= 11 is 0. The first-order valence-electron chi connectivity index (χ1n) is 9.86. The first kappa shape index (κ1) is 21.3. The fourth-order valence-electron chi connectivity index (χ4n) is 3.59. The molecule has 9 heteroatoms. The molecule has 1 fully saturated rings. The Morgan fingerprint density at radius 2 is 1.77 bits per heavy atom. The molecule has 2 aromatic rings. The molecule has 2 N–H and O–H groups in total. The third-order valence-corrected chi connectivity index (χ3v) is 5.02. The highest BCUT2D eigenvalue weighted by Gasteiger charge is 2.31. The summed E-state index contributed by atoms with van der Waals surface area (Å²) in [4.78, 5) is 39.5. The molecular formula is C21H25N5O4. The van der Waals surface area contributed by atoms with Crippen molar-refractivity contribution in [1.82, 2.24) is 15.5 Å². The minimum atomic E-state index is -0.596. The first-order chi connectivity index (χ1) is 14.5. The number of piperazine rings is 1. The molecular weight excluding hydrogens is 386 g/mol. The summed E-state index contributed by atoms with van der Waals surface area (Å²) in [6.07, 6.45) is 0. The Balaban J connectivity index is 1.73. The van der Waals surface area contributed by atoms with Gasteiger partial charge < -0.3 is 10.2 Å². The first-order valence-corrected chi connectivity index (χ1v) is 9.86. The number of nitro groups is 1. The van der Waals surface area contributed by atoms with Crippen molar-refractivity contribution in [3.05, 3.63) is 70.3 Å². The minimum absolute atomic E-state index is 0.0541. The molecule has 0 aromatic heterocycles. The zero-order chi connectivity index (χ0) is 21.5. The van der Waals surface area contributed by atoms with Crippen molar-refractivity contribution in [2.75, 3.05) is 37.6 Å². The SMILES string of the molecule is CCNC(=O)NC(=O)C(c1ccccc1)N1CCN(c2cccc([N+](=O)[O-])c2)CC1.